The molecule has 0 atom stereocenters. The van der Waals surface area contributed by atoms with Crippen molar-refractivity contribution in [2.24, 2.45) is 0 Å². The highest BCUT2D eigenvalue weighted by Crippen LogP contribution is 2.33. The molecule has 2 aromatic rings. The van der Waals surface area contributed by atoms with Crippen molar-refractivity contribution in [2.75, 3.05) is 0 Å². The number of carbonyl (C=O) groups is 1. The molecule has 0 aromatic heterocycles. The summed E-state index contributed by atoms with van der Waals surface area (Å²) in [5.41, 5.74) is 1.86. The first-order valence-corrected chi connectivity index (χ1v) is 5.66. The van der Waals surface area contributed by atoms with Crippen molar-refractivity contribution in [3.8, 4) is 11.5 Å². The molecule has 0 spiro atoms. The van der Waals surface area contributed by atoms with E-state index in [1.165, 1.54) is 0 Å². The van der Waals surface area contributed by atoms with Gasteiger partial charge in [0.25, 0.3) is 0 Å². The monoisotopic (exact) mass is 242 g/mol. The second-order valence-electron chi connectivity index (χ2n) is 4.13. The van der Waals surface area contributed by atoms with E-state index in [2.05, 4.69) is 0 Å². The van der Waals surface area contributed by atoms with Gasteiger partial charge in [-0.05, 0) is 37.1 Å². The van der Waals surface area contributed by atoms with Gasteiger partial charge in [-0.1, -0.05) is 30.3 Å². The fourth-order valence-corrected chi connectivity index (χ4v) is 1.63. The summed E-state index contributed by atoms with van der Waals surface area (Å²) in [6, 6.07) is 12.3. The molecule has 3 nitrogen and oxygen atoms in total. The third kappa shape index (κ3) is 2.35. The van der Waals surface area contributed by atoms with E-state index >= 15 is 0 Å². The maximum atomic E-state index is 11.9. The van der Waals surface area contributed by atoms with Gasteiger partial charge in [0.1, 0.15) is 0 Å². The first-order valence-electron chi connectivity index (χ1n) is 5.66. The zero-order valence-electron chi connectivity index (χ0n) is 10.3. The Morgan fingerprint density at radius 3 is 2.28 bits per heavy atom. The van der Waals surface area contributed by atoms with Crippen molar-refractivity contribution in [1.82, 2.24) is 0 Å². The van der Waals surface area contributed by atoms with E-state index in [1.807, 2.05) is 12.1 Å². The van der Waals surface area contributed by atoms with Gasteiger partial charge in [0.2, 0.25) is 0 Å². The van der Waals surface area contributed by atoms with Crippen LogP contribution in [0.15, 0.2) is 42.5 Å². The van der Waals surface area contributed by atoms with E-state index in [-0.39, 0.29) is 11.5 Å². The Morgan fingerprint density at radius 1 is 1.00 bits per heavy atom. The SMILES string of the molecule is Cc1ccc(C)c(OC(=O)c2ccccc2)c1O. The molecule has 0 aliphatic heterocycles. The number of aromatic hydroxyl groups is 1. The summed E-state index contributed by atoms with van der Waals surface area (Å²) in [7, 11) is 0. The molecule has 0 saturated heterocycles. The molecule has 0 amide bonds. The van der Waals surface area contributed by atoms with Gasteiger partial charge < -0.3 is 9.84 Å². The summed E-state index contributed by atoms with van der Waals surface area (Å²) in [5.74, 6) is -0.234. The van der Waals surface area contributed by atoms with Crippen LogP contribution in [0, 0.1) is 13.8 Å². The van der Waals surface area contributed by atoms with E-state index in [0.29, 0.717) is 11.1 Å². The topological polar surface area (TPSA) is 46.5 Å². The van der Waals surface area contributed by atoms with Gasteiger partial charge in [0, 0.05) is 0 Å². The normalized spacial score (nSPS) is 10.1. The van der Waals surface area contributed by atoms with E-state index in [9.17, 15) is 9.90 Å². The molecule has 1 N–H and O–H groups in total. The van der Waals surface area contributed by atoms with Crippen LogP contribution in [-0.4, -0.2) is 11.1 Å². The van der Waals surface area contributed by atoms with Gasteiger partial charge in [-0.3, -0.25) is 0 Å². The van der Waals surface area contributed by atoms with E-state index < -0.39 is 5.97 Å². The standard InChI is InChI=1S/C15H14O3/c1-10-8-9-11(2)14(13(10)16)18-15(17)12-6-4-3-5-7-12/h3-9,16H,1-2H3. The lowest BCUT2D eigenvalue weighted by atomic mass is 10.1. The molecular weight excluding hydrogens is 228 g/mol. The molecule has 0 saturated carbocycles. The molecule has 0 aliphatic carbocycles. The first-order chi connectivity index (χ1) is 8.59. The zero-order valence-corrected chi connectivity index (χ0v) is 10.3. The summed E-state index contributed by atoms with van der Waals surface area (Å²) in [6.45, 7) is 3.54. The van der Waals surface area contributed by atoms with Crippen LogP contribution in [0.1, 0.15) is 21.5 Å². The molecule has 0 heterocycles. The molecule has 92 valence electrons. The number of phenolic OH excluding ortho intramolecular Hbond substituents is 1. The fourth-order valence-electron chi connectivity index (χ4n) is 1.63. The summed E-state index contributed by atoms with van der Waals surface area (Å²) in [5, 5.41) is 9.90. The Kier molecular flexibility index (Phi) is 3.33. The third-order valence-electron chi connectivity index (χ3n) is 2.73. The number of hydrogen-bond acceptors (Lipinski definition) is 3. The fraction of sp³-hybridized carbons (Fsp3) is 0.133. The average Bonchev–Trinajstić information content (AvgIpc) is 2.40. The average molecular weight is 242 g/mol. The molecule has 3 heteroatoms. The Labute approximate surface area is 106 Å². The quantitative estimate of drug-likeness (QED) is 0.649. The van der Waals surface area contributed by atoms with Crippen LogP contribution in [0.3, 0.4) is 0 Å². The summed E-state index contributed by atoms with van der Waals surface area (Å²) >= 11 is 0. The van der Waals surface area contributed by atoms with E-state index in [0.717, 1.165) is 5.56 Å². The van der Waals surface area contributed by atoms with Crippen molar-refractivity contribution < 1.29 is 14.6 Å². The van der Waals surface area contributed by atoms with Crippen molar-refractivity contribution in [3.63, 3.8) is 0 Å². The molecular formula is C15H14O3. The Balaban J connectivity index is 2.30. The van der Waals surface area contributed by atoms with E-state index in [1.54, 1.807) is 44.2 Å². The molecule has 0 radical (unpaired) electrons. The largest absolute Gasteiger partial charge is 0.504 e. The van der Waals surface area contributed by atoms with Gasteiger partial charge in [0.15, 0.2) is 11.5 Å². The minimum atomic E-state index is -0.473. The second kappa shape index (κ2) is 4.92. The molecule has 0 fully saturated rings. The number of phenols is 1. The number of carbonyl (C=O) groups excluding carboxylic acids is 1. The number of benzene rings is 2. The van der Waals surface area contributed by atoms with Crippen molar-refractivity contribution in [1.29, 1.82) is 0 Å². The number of esters is 1. The Bertz CT molecular complexity index is 574. The van der Waals surface area contributed by atoms with Crippen LogP contribution in [-0.2, 0) is 0 Å². The van der Waals surface area contributed by atoms with Gasteiger partial charge in [-0.2, -0.15) is 0 Å². The second-order valence-corrected chi connectivity index (χ2v) is 4.13. The van der Waals surface area contributed by atoms with Gasteiger partial charge in [-0.15, -0.1) is 0 Å². The minimum Gasteiger partial charge on any atom is -0.504 e. The van der Waals surface area contributed by atoms with E-state index in [4.69, 9.17) is 4.74 Å². The lowest BCUT2D eigenvalue weighted by molar-refractivity contribution is 0.0728. The third-order valence-corrected chi connectivity index (χ3v) is 2.73. The maximum Gasteiger partial charge on any atom is 0.343 e. The Morgan fingerprint density at radius 2 is 1.61 bits per heavy atom. The zero-order chi connectivity index (χ0) is 13.1. The lowest BCUT2D eigenvalue weighted by Gasteiger charge is -2.10. The molecule has 2 aromatic carbocycles. The first kappa shape index (κ1) is 12.2. The number of ether oxygens (including phenoxy) is 1. The van der Waals surface area contributed by atoms with Crippen LogP contribution in [0.2, 0.25) is 0 Å². The predicted molar refractivity (Wildman–Crippen MR) is 69.0 cm³/mol. The maximum absolute atomic E-state index is 11.9. The van der Waals surface area contributed by atoms with Crippen LogP contribution in [0.4, 0.5) is 0 Å². The molecule has 18 heavy (non-hydrogen) atoms. The van der Waals surface area contributed by atoms with Gasteiger partial charge in [0.05, 0.1) is 5.56 Å². The highest BCUT2D eigenvalue weighted by atomic mass is 16.5. The van der Waals surface area contributed by atoms with Crippen LogP contribution in [0.5, 0.6) is 11.5 Å². The molecule has 0 unspecified atom stereocenters. The highest BCUT2D eigenvalue weighted by Gasteiger charge is 2.14. The minimum absolute atomic E-state index is 0.0132. The van der Waals surface area contributed by atoms with Crippen molar-refractivity contribution in [3.05, 3.63) is 59.2 Å². The van der Waals surface area contributed by atoms with Gasteiger partial charge >= 0.3 is 5.97 Å². The van der Waals surface area contributed by atoms with Gasteiger partial charge in [-0.25, -0.2) is 4.79 Å². The number of aryl methyl sites for hydroxylation is 2. The lowest BCUT2D eigenvalue weighted by Crippen LogP contribution is -2.09. The van der Waals surface area contributed by atoms with Crippen LogP contribution < -0.4 is 4.74 Å². The summed E-state index contributed by atoms with van der Waals surface area (Å²) in [6.07, 6.45) is 0. The summed E-state index contributed by atoms with van der Waals surface area (Å²) < 4.78 is 5.25. The number of hydrogen-bond donors (Lipinski definition) is 1. The summed E-state index contributed by atoms with van der Waals surface area (Å²) in [4.78, 5) is 11.9. The van der Waals surface area contributed by atoms with Crippen molar-refractivity contribution >= 4 is 5.97 Å². The highest BCUT2D eigenvalue weighted by molar-refractivity contribution is 5.91. The molecule has 0 bridgehead atoms. The molecule has 0 aliphatic rings. The van der Waals surface area contributed by atoms with Crippen LogP contribution >= 0.6 is 0 Å². The van der Waals surface area contributed by atoms with Crippen LogP contribution in [0.25, 0.3) is 0 Å². The number of rotatable bonds is 2. The smallest absolute Gasteiger partial charge is 0.343 e. The van der Waals surface area contributed by atoms with Crippen molar-refractivity contribution in [2.45, 2.75) is 13.8 Å². The predicted octanol–water partition coefficient (Wildman–Crippen LogP) is 3.23. The molecule has 2 rings (SSSR count). The Hall–Kier alpha value is -2.29.